The maximum absolute atomic E-state index is 12.7. The Morgan fingerprint density at radius 1 is 1.30 bits per heavy atom. The molecule has 0 amide bonds. The molecule has 1 saturated carbocycles. The van der Waals surface area contributed by atoms with Crippen LogP contribution in [0, 0.1) is 11.8 Å². The average Bonchev–Trinajstić information content (AvgIpc) is 2.53. The Kier molecular flexibility index (Phi) is 3.81. The van der Waals surface area contributed by atoms with Crippen LogP contribution in [-0.2, 0) is 0 Å². The molecule has 1 aromatic carbocycles. The second kappa shape index (κ2) is 5.74. The third kappa shape index (κ3) is 2.60. The highest BCUT2D eigenvalue weighted by Gasteiger charge is 2.27. The summed E-state index contributed by atoms with van der Waals surface area (Å²) in [6, 6.07) is 9.84. The molecule has 2 heteroatoms. The van der Waals surface area contributed by atoms with E-state index in [0.717, 1.165) is 35.2 Å². The summed E-state index contributed by atoms with van der Waals surface area (Å²) in [4.78, 5) is 17.0. The van der Waals surface area contributed by atoms with Crippen molar-refractivity contribution in [2.45, 2.75) is 39.0 Å². The Balaban J connectivity index is 1.84. The predicted octanol–water partition coefficient (Wildman–Crippen LogP) is 4.63. The number of nitrogens with zero attached hydrogens (tertiary/aromatic N) is 1. The molecular weight excluding hydrogens is 246 g/mol. The van der Waals surface area contributed by atoms with Gasteiger partial charge in [-0.2, -0.15) is 0 Å². The zero-order valence-electron chi connectivity index (χ0n) is 12.0. The molecule has 1 fully saturated rings. The average molecular weight is 267 g/mol. The molecule has 0 bridgehead atoms. The Morgan fingerprint density at radius 2 is 2.20 bits per heavy atom. The molecule has 1 aromatic heterocycles. The zero-order chi connectivity index (χ0) is 13.9. The van der Waals surface area contributed by atoms with Gasteiger partial charge in [0.25, 0.3) is 0 Å². The molecule has 0 aliphatic heterocycles. The first-order chi connectivity index (χ1) is 9.78. The fourth-order valence-electron chi connectivity index (χ4n) is 3.36. The lowest BCUT2D eigenvalue weighted by Crippen LogP contribution is -2.22. The van der Waals surface area contributed by atoms with Crippen LogP contribution in [0.25, 0.3) is 10.9 Å². The maximum Gasteiger partial charge on any atom is 0.165 e. The van der Waals surface area contributed by atoms with Crippen LogP contribution in [0.4, 0.5) is 0 Å². The molecule has 3 rings (SSSR count). The molecule has 20 heavy (non-hydrogen) atoms. The standard InChI is InChI=1S/C18H21NO/c1-2-13-5-3-6-15(11-13)18(20)16-8-9-17-14(12-16)7-4-10-19-17/h4,7-10,12-13,15H,2-3,5-6,11H2,1H3. The summed E-state index contributed by atoms with van der Waals surface area (Å²) in [5.74, 6) is 1.29. The largest absolute Gasteiger partial charge is 0.294 e. The summed E-state index contributed by atoms with van der Waals surface area (Å²) in [7, 11) is 0. The van der Waals surface area contributed by atoms with Gasteiger partial charge in [-0.05, 0) is 43.0 Å². The summed E-state index contributed by atoms with van der Waals surface area (Å²) >= 11 is 0. The smallest absolute Gasteiger partial charge is 0.165 e. The molecule has 2 atom stereocenters. The Bertz CT molecular complexity index is 620. The summed E-state index contributed by atoms with van der Waals surface area (Å²) in [5, 5.41) is 1.06. The van der Waals surface area contributed by atoms with Gasteiger partial charge in [0.2, 0.25) is 0 Å². The molecule has 0 N–H and O–H groups in total. The molecule has 104 valence electrons. The van der Waals surface area contributed by atoms with Gasteiger partial charge in [-0.3, -0.25) is 9.78 Å². The minimum atomic E-state index is 0.225. The van der Waals surface area contributed by atoms with E-state index in [-0.39, 0.29) is 5.92 Å². The van der Waals surface area contributed by atoms with Gasteiger partial charge in [0.15, 0.2) is 5.78 Å². The lowest BCUT2D eigenvalue weighted by Gasteiger charge is -2.27. The number of benzene rings is 1. The number of rotatable bonds is 3. The SMILES string of the molecule is CCC1CCCC(C(=O)c2ccc3ncccc3c2)C1. The quantitative estimate of drug-likeness (QED) is 0.759. The molecule has 0 saturated heterocycles. The number of carbonyl (C=O) groups excluding carboxylic acids is 1. The van der Waals surface area contributed by atoms with Crippen LogP contribution >= 0.6 is 0 Å². The molecule has 2 nitrogen and oxygen atoms in total. The summed E-state index contributed by atoms with van der Waals surface area (Å²) in [5.41, 5.74) is 1.81. The summed E-state index contributed by atoms with van der Waals surface area (Å²) < 4.78 is 0. The third-order valence-electron chi connectivity index (χ3n) is 4.62. The number of hydrogen-bond acceptors (Lipinski definition) is 2. The van der Waals surface area contributed by atoms with Crippen LogP contribution in [0.5, 0.6) is 0 Å². The van der Waals surface area contributed by atoms with Crippen LogP contribution < -0.4 is 0 Å². The third-order valence-corrected chi connectivity index (χ3v) is 4.62. The Hall–Kier alpha value is -1.70. The normalized spacial score (nSPS) is 22.9. The van der Waals surface area contributed by atoms with Crippen molar-refractivity contribution in [2.75, 3.05) is 0 Å². The van der Waals surface area contributed by atoms with Crippen molar-refractivity contribution < 1.29 is 4.79 Å². The van der Waals surface area contributed by atoms with Crippen molar-refractivity contribution in [1.29, 1.82) is 0 Å². The first kappa shape index (κ1) is 13.3. The van der Waals surface area contributed by atoms with Gasteiger partial charge in [-0.25, -0.2) is 0 Å². The van der Waals surface area contributed by atoms with Crippen LogP contribution in [0.1, 0.15) is 49.4 Å². The topological polar surface area (TPSA) is 30.0 Å². The van der Waals surface area contributed by atoms with Gasteiger partial charge in [0, 0.05) is 23.1 Å². The molecule has 2 aromatic rings. The molecule has 0 spiro atoms. The summed E-state index contributed by atoms with van der Waals surface area (Å²) in [6.07, 6.45) is 7.61. The number of aromatic nitrogens is 1. The van der Waals surface area contributed by atoms with Crippen LogP contribution in [-0.4, -0.2) is 10.8 Å². The van der Waals surface area contributed by atoms with Gasteiger partial charge in [0.1, 0.15) is 0 Å². The highest BCUT2D eigenvalue weighted by Crippen LogP contribution is 2.33. The van der Waals surface area contributed by atoms with E-state index in [1.807, 2.05) is 30.3 Å². The number of pyridine rings is 1. The van der Waals surface area contributed by atoms with E-state index in [4.69, 9.17) is 0 Å². The van der Waals surface area contributed by atoms with E-state index in [1.165, 1.54) is 19.3 Å². The van der Waals surface area contributed by atoms with Crippen molar-refractivity contribution in [3.05, 3.63) is 42.1 Å². The fourth-order valence-corrected chi connectivity index (χ4v) is 3.36. The highest BCUT2D eigenvalue weighted by atomic mass is 16.1. The molecule has 1 aliphatic carbocycles. The maximum atomic E-state index is 12.7. The van der Waals surface area contributed by atoms with E-state index in [2.05, 4.69) is 11.9 Å². The number of hydrogen-bond donors (Lipinski definition) is 0. The zero-order valence-corrected chi connectivity index (χ0v) is 12.0. The Morgan fingerprint density at radius 3 is 3.05 bits per heavy atom. The van der Waals surface area contributed by atoms with Gasteiger partial charge >= 0.3 is 0 Å². The molecule has 0 radical (unpaired) electrons. The van der Waals surface area contributed by atoms with E-state index < -0.39 is 0 Å². The predicted molar refractivity (Wildman–Crippen MR) is 81.8 cm³/mol. The van der Waals surface area contributed by atoms with Crippen LogP contribution in [0.2, 0.25) is 0 Å². The molecule has 1 aliphatic rings. The highest BCUT2D eigenvalue weighted by molar-refractivity contribution is 6.00. The monoisotopic (exact) mass is 267 g/mol. The minimum absolute atomic E-state index is 0.225. The van der Waals surface area contributed by atoms with Crippen molar-refractivity contribution in [3.8, 4) is 0 Å². The van der Waals surface area contributed by atoms with E-state index in [1.54, 1.807) is 6.20 Å². The van der Waals surface area contributed by atoms with Gasteiger partial charge in [-0.1, -0.05) is 32.3 Å². The number of Topliss-reactive ketones (excluding diaryl/α,β-unsaturated/α-hetero) is 1. The molecule has 1 heterocycles. The Labute approximate surface area is 120 Å². The van der Waals surface area contributed by atoms with Crippen molar-refractivity contribution >= 4 is 16.7 Å². The van der Waals surface area contributed by atoms with E-state index >= 15 is 0 Å². The van der Waals surface area contributed by atoms with Crippen molar-refractivity contribution in [3.63, 3.8) is 0 Å². The van der Waals surface area contributed by atoms with Gasteiger partial charge in [0.05, 0.1) is 5.52 Å². The lowest BCUT2D eigenvalue weighted by molar-refractivity contribution is 0.0862. The molecule has 2 unspecified atom stereocenters. The second-order valence-electron chi connectivity index (χ2n) is 5.91. The summed E-state index contributed by atoms with van der Waals surface area (Å²) in [6.45, 7) is 2.24. The van der Waals surface area contributed by atoms with Crippen molar-refractivity contribution in [1.82, 2.24) is 4.98 Å². The lowest BCUT2D eigenvalue weighted by atomic mass is 9.77. The minimum Gasteiger partial charge on any atom is -0.294 e. The van der Waals surface area contributed by atoms with E-state index in [9.17, 15) is 4.79 Å². The first-order valence-electron chi connectivity index (χ1n) is 7.67. The van der Waals surface area contributed by atoms with Gasteiger partial charge in [-0.15, -0.1) is 0 Å². The van der Waals surface area contributed by atoms with Crippen molar-refractivity contribution in [2.24, 2.45) is 11.8 Å². The number of carbonyl (C=O) groups is 1. The second-order valence-corrected chi connectivity index (χ2v) is 5.91. The van der Waals surface area contributed by atoms with E-state index in [0.29, 0.717) is 5.78 Å². The van der Waals surface area contributed by atoms with Gasteiger partial charge < -0.3 is 0 Å². The number of ketones is 1. The fraction of sp³-hybridized carbons (Fsp3) is 0.444. The molecular formula is C18H21NO. The number of fused-ring (bicyclic) bond motifs is 1. The first-order valence-corrected chi connectivity index (χ1v) is 7.67. The van der Waals surface area contributed by atoms with Crippen LogP contribution in [0.3, 0.4) is 0 Å². The van der Waals surface area contributed by atoms with Crippen LogP contribution in [0.15, 0.2) is 36.5 Å².